The third kappa shape index (κ3) is 9.25. The molecule has 51 heavy (non-hydrogen) atoms. The summed E-state index contributed by atoms with van der Waals surface area (Å²) in [6.45, 7) is 3.74. The Morgan fingerprint density at radius 2 is 1.63 bits per heavy atom. The van der Waals surface area contributed by atoms with Crippen LogP contribution in [0, 0.1) is 5.92 Å². The summed E-state index contributed by atoms with van der Waals surface area (Å²) in [7, 11) is 2.08. The van der Waals surface area contributed by atoms with Gasteiger partial charge in [0, 0.05) is 42.9 Å². The summed E-state index contributed by atoms with van der Waals surface area (Å²) < 4.78 is 18.5. The van der Waals surface area contributed by atoms with Gasteiger partial charge in [-0.25, -0.2) is 4.79 Å². The average molecular weight is 693 g/mol. The van der Waals surface area contributed by atoms with Crippen LogP contribution in [0.3, 0.4) is 0 Å². The largest absolute Gasteiger partial charge is 0.445 e. The van der Waals surface area contributed by atoms with Gasteiger partial charge in [0.05, 0.1) is 31.8 Å². The van der Waals surface area contributed by atoms with E-state index in [9.17, 15) is 19.5 Å². The van der Waals surface area contributed by atoms with E-state index in [1.165, 1.54) is 0 Å². The standard InChI is InChI=1S/C40H44N4O7/c1-27-35(24-43(2)21-19-33-10-6-7-20-41-33)50-39(51-37(27)31-15-13-29(25-45)14-16-31)32-17-11-28(12-18-32)23-44-36(46)22-34(38(44)47)42-40(48)49-26-30-8-4-3-5-9-30/h3-18,20,27,34-35,37,39,45H,19,21-26H2,1-2H3,(H,42,48)/t27-,34?,35+,37+,39+/m0/s1. The summed E-state index contributed by atoms with van der Waals surface area (Å²) in [6, 6.07) is 29.5. The van der Waals surface area contributed by atoms with E-state index < -0.39 is 24.3 Å². The zero-order valence-electron chi connectivity index (χ0n) is 28.9. The quantitative estimate of drug-likeness (QED) is 0.184. The molecule has 2 saturated heterocycles. The van der Waals surface area contributed by atoms with Crippen LogP contribution >= 0.6 is 0 Å². The molecule has 1 aromatic heterocycles. The highest BCUT2D eigenvalue weighted by Crippen LogP contribution is 2.42. The Morgan fingerprint density at radius 1 is 0.922 bits per heavy atom. The average Bonchev–Trinajstić information content (AvgIpc) is 3.42. The number of ether oxygens (including phenoxy) is 3. The molecule has 0 spiro atoms. The fraction of sp³-hybridized carbons (Fsp3) is 0.350. The Morgan fingerprint density at radius 3 is 2.33 bits per heavy atom. The van der Waals surface area contributed by atoms with E-state index in [4.69, 9.17) is 14.2 Å². The molecule has 11 nitrogen and oxygen atoms in total. The highest BCUT2D eigenvalue weighted by molar-refractivity contribution is 6.06. The zero-order valence-corrected chi connectivity index (χ0v) is 28.9. The number of carbonyl (C=O) groups is 3. The molecular formula is C40H44N4O7. The van der Waals surface area contributed by atoms with E-state index in [1.807, 2.05) is 103 Å². The number of benzene rings is 3. The van der Waals surface area contributed by atoms with Crippen LogP contribution in [0.5, 0.6) is 0 Å². The normalized spacial score (nSPS) is 22.0. The van der Waals surface area contributed by atoms with Gasteiger partial charge in [-0.05, 0) is 41.4 Å². The second kappa shape index (κ2) is 16.8. The predicted molar refractivity (Wildman–Crippen MR) is 189 cm³/mol. The molecule has 2 aliphatic rings. The third-order valence-corrected chi connectivity index (χ3v) is 9.43. The third-order valence-electron chi connectivity index (χ3n) is 9.43. The van der Waals surface area contributed by atoms with Crippen LogP contribution in [-0.4, -0.2) is 70.1 Å². The first-order valence-electron chi connectivity index (χ1n) is 17.3. The first-order valence-corrected chi connectivity index (χ1v) is 17.3. The molecule has 5 atom stereocenters. The number of carbonyl (C=O) groups excluding carboxylic acids is 3. The molecule has 2 aliphatic heterocycles. The van der Waals surface area contributed by atoms with Crippen LogP contribution in [-0.2, 0) is 50.0 Å². The molecule has 2 fully saturated rings. The Bertz CT molecular complexity index is 1760. The van der Waals surface area contributed by atoms with Crippen LogP contribution in [0.4, 0.5) is 4.79 Å². The number of aliphatic hydroxyl groups is 1. The molecule has 0 bridgehead atoms. The van der Waals surface area contributed by atoms with Crippen molar-refractivity contribution in [1.82, 2.24) is 20.1 Å². The van der Waals surface area contributed by atoms with Crippen molar-refractivity contribution in [3.63, 3.8) is 0 Å². The maximum atomic E-state index is 13.1. The molecule has 0 radical (unpaired) electrons. The monoisotopic (exact) mass is 692 g/mol. The van der Waals surface area contributed by atoms with Crippen molar-refractivity contribution < 1.29 is 33.7 Å². The second-order valence-electron chi connectivity index (χ2n) is 13.2. The lowest BCUT2D eigenvalue weighted by atomic mass is 9.90. The van der Waals surface area contributed by atoms with E-state index in [1.54, 1.807) is 0 Å². The second-order valence-corrected chi connectivity index (χ2v) is 13.2. The van der Waals surface area contributed by atoms with Gasteiger partial charge in [-0.1, -0.05) is 91.9 Å². The number of imide groups is 1. The van der Waals surface area contributed by atoms with Crippen LogP contribution in [0.2, 0.25) is 0 Å². The van der Waals surface area contributed by atoms with Crippen molar-refractivity contribution in [3.8, 4) is 0 Å². The molecule has 3 aromatic carbocycles. The maximum Gasteiger partial charge on any atom is 0.408 e. The molecule has 0 aliphatic carbocycles. The summed E-state index contributed by atoms with van der Waals surface area (Å²) in [5.41, 5.74) is 5.25. The number of nitrogens with one attached hydrogen (secondary N) is 1. The van der Waals surface area contributed by atoms with Gasteiger partial charge in [0.25, 0.3) is 5.91 Å². The van der Waals surface area contributed by atoms with E-state index in [-0.39, 0.29) is 50.2 Å². The van der Waals surface area contributed by atoms with Crippen molar-refractivity contribution >= 4 is 17.9 Å². The Labute approximate surface area is 298 Å². The van der Waals surface area contributed by atoms with Crippen LogP contribution in [0.15, 0.2) is 103 Å². The van der Waals surface area contributed by atoms with Gasteiger partial charge in [0.1, 0.15) is 12.6 Å². The minimum absolute atomic E-state index is 0.0298. The number of alkyl carbamates (subject to hydrolysis) is 1. The molecule has 1 unspecified atom stereocenters. The van der Waals surface area contributed by atoms with Crippen molar-refractivity contribution in [2.75, 3.05) is 20.1 Å². The van der Waals surface area contributed by atoms with E-state index in [0.717, 1.165) is 51.4 Å². The lowest BCUT2D eigenvalue weighted by Crippen LogP contribution is -2.44. The number of nitrogens with zero attached hydrogens (tertiary/aromatic N) is 3. The van der Waals surface area contributed by atoms with Gasteiger partial charge in [-0.15, -0.1) is 0 Å². The van der Waals surface area contributed by atoms with Crippen molar-refractivity contribution in [2.24, 2.45) is 5.92 Å². The highest BCUT2D eigenvalue weighted by atomic mass is 16.7. The van der Waals surface area contributed by atoms with Crippen LogP contribution in [0.25, 0.3) is 0 Å². The minimum Gasteiger partial charge on any atom is -0.445 e. The van der Waals surface area contributed by atoms with Crippen molar-refractivity contribution in [3.05, 3.63) is 137 Å². The number of pyridine rings is 1. The summed E-state index contributed by atoms with van der Waals surface area (Å²) in [6.07, 6.45) is 0.692. The predicted octanol–water partition coefficient (Wildman–Crippen LogP) is 5.09. The fourth-order valence-corrected chi connectivity index (χ4v) is 6.41. The Balaban J connectivity index is 1.10. The number of hydrogen-bond acceptors (Lipinski definition) is 9. The lowest BCUT2D eigenvalue weighted by Gasteiger charge is -2.42. The smallest absolute Gasteiger partial charge is 0.408 e. The molecular weight excluding hydrogens is 648 g/mol. The fourth-order valence-electron chi connectivity index (χ4n) is 6.41. The van der Waals surface area contributed by atoms with Gasteiger partial charge in [0.15, 0.2) is 6.29 Å². The summed E-state index contributed by atoms with van der Waals surface area (Å²) in [4.78, 5) is 46.2. The topological polar surface area (TPSA) is 131 Å². The number of likely N-dealkylation sites (tertiary alicyclic amines) is 1. The number of rotatable bonds is 13. The molecule has 0 saturated carbocycles. The molecule has 266 valence electrons. The van der Waals surface area contributed by atoms with Crippen molar-refractivity contribution in [1.29, 1.82) is 0 Å². The molecule has 2 N–H and O–H groups in total. The molecule has 6 rings (SSSR count). The zero-order chi connectivity index (χ0) is 35.7. The van der Waals surface area contributed by atoms with E-state index >= 15 is 0 Å². The Kier molecular flexibility index (Phi) is 11.8. The van der Waals surface area contributed by atoms with Gasteiger partial charge in [0.2, 0.25) is 5.91 Å². The van der Waals surface area contributed by atoms with Crippen LogP contribution in [0.1, 0.15) is 59.2 Å². The van der Waals surface area contributed by atoms with E-state index in [0.29, 0.717) is 6.54 Å². The van der Waals surface area contributed by atoms with Crippen molar-refractivity contribution in [2.45, 2.75) is 64.1 Å². The minimum atomic E-state index is -0.978. The highest BCUT2D eigenvalue weighted by Gasteiger charge is 2.41. The lowest BCUT2D eigenvalue weighted by molar-refractivity contribution is -0.275. The summed E-state index contributed by atoms with van der Waals surface area (Å²) in [5, 5.41) is 12.1. The first kappa shape index (κ1) is 35.9. The molecule has 3 heterocycles. The number of hydrogen-bond donors (Lipinski definition) is 2. The summed E-state index contributed by atoms with van der Waals surface area (Å²) >= 11 is 0. The maximum absolute atomic E-state index is 13.1. The number of likely N-dealkylation sites (N-methyl/N-ethyl adjacent to an activating group) is 1. The molecule has 3 amide bonds. The molecule has 4 aromatic rings. The van der Waals surface area contributed by atoms with Gasteiger partial charge < -0.3 is 29.5 Å². The molecule has 11 heteroatoms. The number of aromatic nitrogens is 1. The Hall–Kier alpha value is -4.94. The SMILES string of the molecule is C[C@H]1[C@@H](CN(C)CCc2ccccn2)O[C@@H](c2ccc(CN3C(=O)CC(NC(=O)OCc4ccccc4)C3=O)cc2)O[C@H]1c1ccc(CO)cc1. The van der Waals surface area contributed by atoms with Gasteiger partial charge in [-0.2, -0.15) is 0 Å². The summed E-state index contributed by atoms with van der Waals surface area (Å²) in [5.74, 6) is -0.809. The van der Waals surface area contributed by atoms with Crippen LogP contribution < -0.4 is 5.32 Å². The first-order chi connectivity index (χ1) is 24.8. The number of aliphatic hydroxyl groups excluding tert-OH is 1. The van der Waals surface area contributed by atoms with Gasteiger partial charge >= 0.3 is 6.09 Å². The van der Waals surface area contributed by atoms with E-state index in [2.05, 4.69) is 29.2 Å². The number of amides is 3. The van der Waals surface area contributed by atoms with Gasteiger partial charge in [-0.3, -0.25) is 19.5 Å².